The van der Waals surface area contributed by atoms with Crippen molar-refractivity contribution >= 4 is 12.0 Å². The molecular formula is C27H26F2O3. The zero-order valence-corrected chi connectivity index (χ0v) is 18.3. The van der Waals surface area contributed by atoms with Crippen molar-refractivity contribution < 1.29 is 23.0 Å². The average molecular weight is 436 g/mol. The van der Waals surface area contributed by atoms with Crippen molar-refractivity contribution in [3.63, 3.8) is 0 Å². The summed E-state index contributed by atoms with van der Waals surface area (Å²) in [6, 6.07) is 17.8. The lowest BCUT2D eigenvalue weighted by atomic mass is 9.95. The van der Waals surface area contributed by atoms with E-state index in [2.05, 4.69) is 0 Å². The van der Waals surface area contributed by atoms with Gasteiger partial charge in [0.25, 0.3) is 0 Å². The topological polar surface area (TPSA) is 35.5 Å². The molecule has 166 valence electrons. The van der Waals surface area contributed by atoms with Crippen LogP contribution in [0.15, 0.2) is 72.8 Å². The van der Waals surface area contributed by atoms with Gasteiger partial charge in [0.05, 0.1) is 5.92 Å². The molecule has 0 fully saturated rings. The van der Waals surface area contributed by atoms with Gasteiger partial charge in [-0.25, -0.2) is 8.78 Å². The Balaban J connectivity index is 1.58. The van der Waals surface area contributed by atoms with Crippen LogP contribution in [-0.2, 0) is 16.1 Å². The zero-order valence-electron chi connectivity index (χ0n) is 18.3. The summed E-state index contributed by atoms with van der Waals surface area (Å²) in [5, 5.41) is 0. The number of esters is 1. The van der Waals surface area contributed by atoms with Gasteiger partial charge in [-0.1, -0.05) is 56.3 Å². The monoisotopic (exact) mass is 436 g/mol. The lowest BCUT2D eigenvalue weighted by molar-refractivity contribution is -0.149. The Hall–Kier alpha value is -3.47. The second-order valence-electron chi connectivity index (χ2n) is 7.97. The summed E-state index contributed by atoms with van der Waals surface area (Å²) in [5.41, 5.74) is 2.42. The highest BCUT2D eigenvalue weighted by molar-refractivity contribution is 5.76. The molecule has 3 aromatic rings. The molecule has 1 unspecified atom stereocenters. The molecule has 0 aliphatic heterocycles. The summed E-state index contributed by atoms with van der Waals surface area (Å²) >= 11 is 0. The van der Waals surface area contributed by atoms with E-state index < -0.39 is 11.7 Å². The van der Waals surface area contributed by atoms with E-state index in [1.165, 1.54) is 18.2 Å². The molecule has 0 bridgehead atoms. The first-order valence-electron chi connectivity index (χ1n) is 10.4. The summed E-state index contributed by atoms with van der Waals surface area (Å²) in [7, 11) is 0. The van der Waals surface area contributed by atoms with Crippen molar-refractivity contribution in [2.45, 2.75) is 27.4 Å². The first-order chi connectivity index (χ1) is 15.3. The molecule has 3 nitrogen and oxygen atoms in total. The van der Waals surface area contributed by atoms with Gasteiger partial charge >= 0.3 is 5.97 Å². The third kappa shape index (κ3) is 6.51. The molecule has 0 saturated carbocycles. The minimum absolute atomic E-state index is 0.0411. The van der Waals surface area contributed by atoms with Crippen molar-refractivity contribution in [3.05, 3.63) is 101 Å². The summed E-state index contributed by atoms with van der Waals surface area (Å²) in [6.45, 7) is 5.81. The minimum Gasteiger partial charge on any atom is -0.460 e. The van der Waals surface area contributed by atoms with Crippen LogP contribution in [0, 0.1) is 30.4 Å². The van der Waals surface area contributed by atoms with Crippen LogP contribution in [-0.4, -0.2) is 5.97 Å². The van der Waals surface area contributed by atoms with Gasteiger partial charge in [-0.2, -0.15) is 0 Å². The van der Waals surface area contributed by atoms with Crippen molar-refractivity contribution in [1.29, 1.82) is 0 Å². The normalized spacial score (nSPS) is 12.2. The number of aryl methyl sites for hydroxylation is 1. The average Bonchev–Trinajstić information content (AvgIpc) is 2.76. The molecular weight excluding hydrogens is 410 g/mol. The van der Waals surface area contributed by atoms with Crippen molar-refractivity contribution in [3.8, 4) is 11.5 Å². The molecule has 0 aliphatic carbocycles. The van der Waals surface area contributed by atoms with Crippen LogP contribution in [0.1, 0.15) is 30.5 Å². The van der Waals surface area contributed by atoms with E-state index in [0.29, 0.717) is 5.75 Å². The molecule has 5 heteroatoms. The third-order valence-corrected chi connectivity index (χ3v) is 4.98. The van der Waals surface area contributed by atoms with Gasteiger partial charge in [0, 0.05) is 0 Å². The van der Waals surface area contributed by atoms with Crippen LogP contribution in [0.25, 0.3) is 6.08 Å². The SMILES string of the molecule is Cc1ccc(Oc2ccc(COC(=O)C(/C=C/c3ccc(F)cc3)C(C)C)cc2)c(F)c1. The smallest absolute Gasteiger partial charge is 0.313 e. The third-order valence-electron chi connectivity index (χ3n) is 4.98. The summed E-state index contributed by atoms with van der Waals surface area (Å²) in [6.07, 6.45) is 3.58. The Kier molecular flexibility index (Phi) is 7.77. The second-order valence-corrected chi connectivity index (χ2v) is 7.97. The van der Waals surface area contributed by atoms with Crippen molar-refractivity contribution in [1.82, 2.24) is 0 Å². The number of hydrogen-bond acceptors (Lipinski definition) is 3. The quantitative estimate of drug-likeness (QED) is 0.354. The fourth-order valence-electron chi connectivity index (χ4n) is 3.08. The molecule has 0 aliphatic rings. The Morgan fingerprint density at radius 1 is 0.969 bits per heavy atom. The van der Waals surface area contributed by atoms with Gasteiger partial charge in [-0.15, -0.1) is 0 Å². The highest BCUT2D eigenvalue weighted by Gasteiger charge is 2.21. The van der Waals surface area contributed by atoms with Crippen LogP contribution in [0.2, 0.25) is 0 Å². The summed E-state index contributed by atoms with van der Waals surface area (Å²) < 4.78 is 38.1. The molecule has 0 N–H and O–H groups in total. The first-order valence-corrected chi connectivity index (χ1v) is 10.4. The van der Waals surface area contributed by atoms with Crippen LogP contribution >= 0.6 is 0 Å². The molecule has 0 heterocycles. The molecule has 1 atom stereocenters. The maximum atomic E-state index is 14.0. The summed E-state index contributed by atoms with van der Waals surface area (Å²) in [4.78, 5) is 12.6. The van der Waals surface area contributed by atoms with Crippen LogP contribution in [0.3, 0.4) is 0 Å². The minimum atomic E-state index is -0.424. The maximum absolute atomic E-state index is 14.0. The fraction of sp³-hybridized carbons (Fsp3) is 0.222. The number of halogens is 2. The number of carbonyl (C=O) groups is 1. The lowest BCUT2D eigenvalue weighted by Gasteiger charge is -2.16. The lowest BCUT2D eigenvalue weighted by Crippen LogP contribution is -2.20. The van der Waals surface area contributed by atoms with E-state index in [4.69, 9.17) is 9.47 Å². The molecule has 3 rings (SSSR count). The van der Waals surface area contributed by atoms with E-state index in [0.717, 1.165) is 16.7 Å². The van der Waals surface area contributed by atoms with Gasteiger partial charge < -0.3 is 9.47 Å². The number of hydrogen-bond donors (Lipinski definition) is 0. The Labute approximate surface area is 187 Å². The molecule has 0 aromatic heterocycles. The standard InChI is InChI=1S/C27H26F2O3/c1-18(2)24(14-9-20-5-10-22(28)11-6-20)27(30)31-17-21-7-12-23(13-8-21)32-26-15-4-19(3)16-25(26)29/h4-16,18,24H,17H2,1-3H3/b14-9+. The van der Waals surface area contributed by atoms with Gasteiger partial charge in [0.1, 0.15) is 18.2 Å². The van der Waals surface area contributed by atoms with E-state index >= 15 is 0 Å². The van der Waals surface area contributed by atoms with Gasteiger partial charge in [-0.05, 0) is 65.9 Å². The number of carbonyl (C=O) groups excluding carboxylic acids is 1. The predicted molar refractivity (Wildman–Crippen MR) is 121 cm³/mol. The van der Waals surface area contributed by atoms with Crippen LogP contribution in [0.5, 0.6) is 11.5 Å². The Morgan fingerprint density at radius 3 is 2.28 bits per heavy atom. The molecule has 0 amide bonds. The second kappa shape index (κ2) is 10.7. The molecule has 0 saturated heterocycles. The number of ether oxygens (including phenoxy) is 2. The Bertz CT molecular complexity index is 1070. The van der Waals surface area contributed by atoms with E-state index in [9.17, 15) is 13.6 Å². The first kappa shape index (κ1) is 23.2. The Morgan fingerprint density at radius 2 is 1.66 bits per heavy atom. The highest BCUT2D eigenvalue weighted by atomic mass is 19.1. The number of rotatable bonds is 8. The summed E-state index contributed by atoms with van der Waals surface area (Å²) in [5.74, 6) is -0.793. The molecule has 32 heavy (non-hydrogen) atoms. The molecule has 3 aromatic carbocycles. The highest BCUT2D eigenvalue weighted by Crippen LogP contribution is 2.25. The van der Waals surface area contributed by atoms with Gasteiger partial charge in [-0.3, -0.25) is 4.79 Å². The largest absolute Gasteiger partial charge is 0.460 e. The molecule has 0 radical (unpaired) electrons. The zero-order chi connectivity index (χ0) is 23.1. The van der Waals surface area contributed by atoms with Crippen molar-refractivity contribution in [2.75, 3.05) is 0 Å². The predicted octanol–water partition coefficient (Wildman–Crippen LogP) is 7.09. The van der Waals surface area contributed by atoms with Crippen LogP contribution in [0.4, 0.5) is 8.78 Å². The van der Waals surface area contributed by atoms with E-state index in [1.807, 2.05) is 20.8 Å². The maximum Gasteiger partial charge on any atom is 0.313 e. The van der Waals surface area contributed by atoms with Gasteiger partial charge in [0.2, 0.25) is 0 Å². The fourth-order valence-corrected chi connectivity index (χ4v) is 3.08. The van der Waals surface area contributed by atoms with E-state index in [-0.39, 0.29) is 30.1 Å². The van der Waals surface area contributed by atoms with Crippen LogP contribution < -0.4 is 4.74 Å². The van der Waals surface area contributed by atoms with Gasteiger partial charge in [0.15, 0.2) is 11.6 Å². The number of benzene rings is 3. The van der Waals surface area contributed by atoms with Crippen molar-refractivity contribution in [2.24, 2.45) is 11.8 Å². The molecule has 0 spiro atoms. The van der Waals surface area contributed by atoms with E-state index in [1.54, 1.807) is 60.7 Å².